The molecule has 20 atom stereocenters. The number of aliphatic hydroxyl groups excluding tert-OH is 11. The molecular weight excluding hydrogens is 956 g/mol. The first-order chi connectivity index (χ1) is 33.3. The van der Waals surface area contributed by atoms with Crippen molar-refractivity contribution >= 4 is 29.5 Å². The number of carbonyl (C=O) groups excluding carboxylic acids is 4. The van der Waals surface area contributed by atoms with Crippen molar-refractivity contribution < 1.29 is 132 Å². The first-order valence-corrected chi connectivity index (χ1v) is 21.7. The molecule has 0 unspecified atom stereocenters. The van der Waals surface area contributed by atoms with E-state index in [1.807, 2.05) is 0 Å². The van der Waals surface area contributed by atoms with Crippen molar-refractivity contribution in [3.05, 3.63) is 34.4 Å². The predicted molar refractivity (Wildman–Crippen MR) is 218 cm³/mol. The van der Waals surface area contributed by atoms with Crippen LogP contribution in [0.2, 0.25) is 0 Å². The van der Waals surface area contributed by atoms with E-state index in [9.17, 15) is 85.5 Å². The molecule has 70 heavy (non-hydrogen) atoms. The number of hydrogen-bond donors (Lipinski definition) is 12. The molecular formula is C40H58N2O28. The van der Waals surface area contributed by atoms with E-state index < -0.39 is 165 Å². The number of amides is 1. The van der Waals surface area contributed by atoms with Gasteiger partial charge in [0.2, 0.25) is 5.91 Å². The summed E-state index contributed by atoms with van der Waals surface area (Å²) >= 11 is 0. The number of carbonyl (C=O) groups is 4. The smallest absolute Gasteiger partial charge is 0.337 e. The van der Waals surface area contributed by atoms with Crippen LogP contribution in [0.3, 0.4) is 0 Å². The Morgan fingerprint density at radius 1 is 0.600 bits per heavy atom. The van der Waals surface area contributed by atoms with E-state index in [4.69, 9.17) is 42.6 Å². The van der Waals surface area contributed by atoms with Crippen LogP contribution in [0.1, 0.15) is 25.7 Å². The molecule has 0 aliphatic carbocycles. The van der Waals surface area contributed by atoms with Crippen LogP contribution in [-0.4, -0.2) is 248 Å². The minimum Gasteiger partial charge on any atom is -0.467 e. The van der Waals surface area contributed by atoms with Crippen LogP contribution in [0.15, 0.2) is 24.3 Å². The van der Waals surface area contributed by atoms with Crippen molar-refractivity contribution in [2.45, 2.75) is 149 Å². The number of hydrogen-bond acceptors (Lipinski definition) is 28. The largest absolute Gasteiger partial charge is 0.467 e. The Hall–Kier alpha value is -4.26. The number of aliphatic hydroxyl groups is 11. The fourth-order valence-corrected chi connectivity index (χ4v) is 7.67. The number of nitrogens with zero attached hydrogens (tertiary/aromatic N) is 1. The number of unbranched alkanes of at least 4 members (excludes halogenated alkanes) is 1. The zero-order valence-electron chi connectivity index (χ0n) is 37.3. The highest BCUT2D eigenvalue weighted by Gasteiger charge is 2.57. The fraction of sp³-hybridized carbons (Fsp3) is 0.750. The molecule has 4 fully saturated rings. The Bertz CT molecular complexity index is 1880. The molecule has 30 nitrogen and oxygen atoms in total. The maximum absolute atomic E-state index is 12.8. The first-order valence-electron chi connectivity index (χ1n) is 21.7. The maximum atomic E-state index is 12.8. The molecule has 1 aromatic rings. The van der Waals surface area contributed by atoms with Crippen LogP contribution < -0.4 is 10.1 Å². The van der Waals surface area contributed by atoms with Gasteiger partial charge in [0.15, 0.2) is 37.4 Å². The van der Waals surface area contributed by atoms with Crippen molar-refractivity contribution in [1.29, 1.82) is 0 Å². The Balaban J connectivity index is 1.14. The summed E-state index contributed by atoms with van der Waals surface area (Å²) in [7, 11) is 1.85. The minimum atomic E-state index is -2.21. The van der Waals surface area contributed by atoms with Crippen LogP contribution in [-0.2, 0) is 66.5 Å². The van der Waals surface area contributed by atoms with Gasteiger partial charge < -0.3 is 114 Å². The molecule has 12 N–H and O–H groups in total. The summed E-state index contributed by atoms with van der Waals surface area (Å²) in [6.07, 6.45) is -39.0. The van der Waals surface area contributed by atoms with Crippen molar-refractivity contribution in [2.75, 3.05) is 40.6 Å². The number of nitro benzene ring substituents is 1. The van der Waals surface area contributed by atoms with Crippen LogP contribution in [0.5, 0.6) is 5.75 Å². The van der Waals surface area contributed by atoms with Gasteiger partial charge in [-0.3, -0.25) is 19.7 Å². The van der Waals surface area contributed by atoms with E-state index in [0.717, 1.165) is 14.2 Å². The average Bonchev–Trinajstić information content (AvgIpc) is 3.34. The number of nitrogens with one attached hydrogen (secondary N) is 1. The summed E-state index contributed by atoms with van der Waals surface area (Å²) in [6.45, 7) is -2.36. The summed E-state index contributed by atoms with van der Waals surface area (Å²) in [5.41, 5.74) is -0.174. The van der Waals surface area contributed by atoms with Gasteiger partial charge in [-0.1, -0.05) is 0 Å². The first kappa shape index (κ1) is 56.7. The topological polar surface area (TPSA) is 448 Å². The quantitative estimate of drug-likeness (QED) is 0.0179. The Labute approximate surface area is 396 Å². The van der Waals surface area contributed by atoms with Crippen molar-refractivity contribution in [3.63, 3.8) is 0 Å². The second-order valence-corrected chi connectivity index (χ2v) is 16.2. The lowest BCUT2D eigenvalue weighted by Gasteiger charge is -2.48. The zero-order chi connectivity index (χ0) is 51.6. The Morgan fingerprint density at radius 2 is 1.07 bits per heavy atom. The summed E-state index contributed by atoms with van der Waals surface area (Å²) in [4.78, 5) is 59.5. The molecule has 4 saturated heterocycles. The average molecular weight is 1010 g/mol. The standard InChI is InChI=1S/C40H58N2O28/c1-60-35(56)33-22(48)21(47)25(51)39(69-33)66-31-18(14-44)65-38(27(53)24(31)50)68-32-28(54)34(36(57)61-2)70-40(29(32)55)67-30-17(13-43)64-37(26(52)23(30)49)62-12-11-41-19(45)5-3-4-6-20(46)63-16-9-7-15(8-10-16)42(58)59/h7-10,17-18,21-34,37-40,43-44,47-55H,3-6,11-14H2,1-2H3,(H,41,45)/t17-,18-,21+,22+,23-,24-,25-,26-,27-,28+,29-,30-,31-,32+,33+,34+,37-,38+,39-,40-/m1/s1. The Morgan fingerprint density at radius 3 is 1.61 bits per heavy atom. The van der Waals surface area contributed by atoms with Gasteiger partial charge in [0.05, 0.1) is 39.0 Å². The van der Waals surface area contributed by atoms with Gasteiger partial charge in [-0.2, -0.15) is 0 Å². The number of benzene rings is 1. The molecule has 30 heteroatoms. The second kappa shape index (κ2) is 25.9. The van der Waals surface area contributed by atoms with Crippen LogP contribution in [0.4, 0.5) is 5.69 Å². The van der Waals surface area contributed by atoms with Crippen LogP contribution in [0, 0.1) is 10.1 Å². The van der Waals surface area contributed by atoms with Gasteiger partial charge in [0.1, 0.15) is 91.2 Å². The summed E-state index contributed by atoms with van der Waals surface area (Å²) in [5, 5.41) is 132. The van der Waals surface area contributed by atoms with Crippen molar-refractivity contribution in [1.82, 2.24) is 5.32 Å². The normalized spacial score (nSPS) is 37.7. The minimum absolute atomic E-state index is 0.00397. The molecule has 396 valence electrons. The number of rotatable bonds is 21. The molecule has 4 aliphatic rings. The van der Waals surface area contributed by atoms with E-state index in [1.165, 1.54) is 24.3 Å². The molecule has 0 spiro atoms. The van der Waals surface area contributed by atoms with E-state index >= 15 is 0 Å². The van der Waals surface area contributed by atoms with Gasteiger partial charge in [-0.05, 0) is 25.0 Å². The zero-order valence-corrected chi connectivity index (χ0v) is 37.3. The Kier molecular flexibility index (Phi) is 21.0. The third-order valence-corrected chi connectivity index (χ3v) is 11.5. The number of methoxy groups -OCH3 is 2. The van der Waals surface area contributed by atoms with Crippen molar-refractivity contribution in [3.8, 4) is 5.75 Å². The van der Waals surface area contributed by atoms with Crippen LogP contribution in [0.25, 0.3) is 0 Å². The maximum Gasteiger partial charge on any atom is 0.337 e. The molecule has 1 aromatic carbocycles. The number of nitro groups is 1. The van der Waals surface area contributed by atoms with Gasteiger partial charge in [0, 0.05) is 31.5 Å². The molecule has 1 amide bonds. The fourth-order valence-electron chi connectivity index (χ4n) is 7.67. The lowest BCUT2D eigenvalue weighted by atomic mass is 9.95. The lowest BCUT2D eigenvalue weighted by molar-refractivity contribution is -0.385. The van der Waals surface area contributed by atoms with E-state index in [-0.39, 0.29) is 50.3 Å². The summed E-state index contributed by atoms with van der Waals surface area (Å²) < 4.78 is 58.7. The SMILES string of the molecule is COC(=O)[C@H]1O[C@@H](O[C@H]2[C@H](O)[C@@H](O)[C@H](O[C@@H]3[C@@H](O)[C@H](O[C@H]4[C@H](O)[C@@H](O)[C@H](OCCNC(=O)CCCCC(=O)Oc5ccc([N+](=O)[O-])cc5)O[C@@H]4CO)O[C@H](C(=O)OC)[C@H]3O)O[C@@H]2CO)[C@H](O)[C@@H](O)[C@@H]1O. The molecule has 0 saturated carbocycles. The molecule has 0 aromatic heterocycles. The van der Waals surface area contributed by atoms with E-state index in [1.54, 1.807) is 0 Å². The van der Waals surface area contributed by atoms with Gasteiger partial charge in [0.25, 0.3) is 5.69 Å². The van der Waals surface area contributed by atoms with Gasteiger partial charge >= 0.3 is 17.9 Å². The summed E-state index contributed by atoms with van der Waals surface area (Å²) in [6, 6.07) is 4.92. The number of ether oxygens (including phenoxy) is 11. The highest BCUT2D eigenvalue weighted by Crippen LogP contribution is 2.35. The number of non-ortho nitro benzene ring substituents is 1. The van der Waals surface area contributed by atoms with E-state index in [2.05, 4.69) is 14.8 Å². The third-order valence-electron chi connectivity index (χ3n) is 11.5. The molecule has 0 bridgehead atoms. The van der Waals surface area contributed by atoms with E-state index in [0.29, 0.717) is 0 Å². The monoisotopic (exact) mass is 1010 g/mol. The molecule has 4 aliphatic heterocycles. The highest BCUT2D eigenvalue weighted by atomic mass is 16.8. The van der Waals surface area contributed by atoms with Gasteiger partial charge in [-0.15, -0.1) is 0 Å². The summed E-state index contributed by atoms with van der Waals surface area (Å²) in [5.74, 6) is -3.37. The van der Waals surface area contributed by atoms with Crippen molar-refractivity contribution in [2.24, 2.45) is 0 Å². The van der Waals surface area contributed by atoms with Gasteiger partial charge in [-0.25, -0.2) is 9.59 Å². The molecule has 0 radical (unpaired) electrons. The highest BCUT2D eigenvalue weighted by molar-refractivity contribution is 5.77. The third kappa shape index (κ3) is 13.6. The lowest BCUT2D eigenvalue weighted by Crippen LogP contribution is -2.68. The molecule has 4 heterocycles. The second-order valence-electron chi connectivity index (χ2n) is 16.2. The van der Waals surface area contributed by atoms with Crippen LogP contribution >= 0.6 is 0 Å². The predicted octanol–water partition coefficient (Wildman–Crippen LogP) is -7.17. The number of esters is 3. The molecule has 5 rings (SSSR count).